The van der Waals surface area contributed by atoms with Gasteiger partial charge >= 0.3 is 5.97 Å². The molecule has 0 bridgehead atoms. The number of furan rings is 1. The summed E-state index contributed by atoms with van der Waals surface area (Å²) in [5.41, 5.74) is 4.14. The maximum absolute atomic E-state index is 12.6. The number of carbonyl (C=O) groups is 1. The molecule has 0 radical (unpaired) electrons. The van der Waals surface area contributed by atoms with Crippen molar-refractivity contribution >= 4 is 16.9 Å². The van der Waals surface area contributed by atoms with Gasteiger partial charge in [-0.15, -0.1) is 0 Å². The molecule has 2 aromatic heterocycles. The first-order valence-corrected chi connectivity index (χ1v) is 9.63. The average Bonchev–Trinajstić information content (AvgIpc) is 3.43. The Kier molecular flexibility index (Phi) is 4.62. The van der Waals surface area contributed by atoms with E-state index in [9.17, 15) is 4.79 Å². The van der Waals surface area contributed by atoms with Gasteiger partial charge < -0.3 is 9.15 Å². The van der Waals surface area contributed by atoms with Crippen LogP contribution in [0, 0.1) is 0 Å². The van der Waals surface area contributed by atoms with Gasteiger partial charge in [-0.1, -0.05) is 66.7 Å². The van der Waals surface area contributed by atoms with Crippen molar-refractivity contribution in [1.82, 2.24) is 9.78 Å². The van der Waals surface area contributed by atoms with Crippen molar-refractivity contribution in [3.63, 3.8) is 0 Å². The summed E-state index contributed by atoms with van der Waals surface area (Å²) < 4.78 is 13.0. The van der Waals surface area contributed by atoms with Crippen LogP contribution in [0.15, 0.2) is 102 Å². The highest BCUT2D eigenvalue weighted by Gasteiger charge is 2.17. The fourth-order valence-corrected chi connectivity index (χ4v) is 3.36. The quantitative estimate of drug-likeness (QED) is 0.362. The maximum Gasteiger partial charge on any atom is 0.374 e. The van der Waals surface area contributed by atoms with Crippen LogP contribution in [0.4, 0.5) is 0 Å². The number of fused-ring (bicyclic) bond motifs is 1. The van der Waals surface area contributed by atoms with Gasteiger partial charge in [0, 0.05) is 22.7 Å². The number of esters is 1. The molecule has 146 valence electrons. The third-order valence-corrected chi connectivity index (χ3v) is 4.84. The van der Waals surface area contributed by atoms with E-state index >= 15 is 0 Å². The van der Waals surface area contributed by atoms with Crippen LogP contribution in [-0.4, -0.2) is 15.7 Å². The van der Waals surface area contributed by atoms with E-state index < -0.39 is 5.97 Å². The van der Waals surface area contributed by atoms with Crippen molar-refractivity contribution in [3.8, 4) is 16.9 Å². The Morgan fingerprint density at radius 2 is 1.60 bits per heavy atom. The van der Waals surface area contributed by atoms with Crippen molar-refractivity contribution < 1.29 is 13.9 Å². The molecule has 0 unspecified atom stereocenters. The third kappa shape index (κ3) is 3.49. The first-order chi connectivity index (χ1) is 14.8. The lowest BCUT2D eigenvalue weighted by Gasteiger charge is -2.03. The van der Waals surface area contributed by atoms with Crippen LogP contribution < -0.4 is 0 Å². The molecule has 0 aliphatic rings. The number of ether oxygens (including phenoxy) is 1. The first-order valence-electron chi connectivity index (χ1n) is 9.63. The van der Waals surface area contributed by atoms with E-state index in [1.54, 1.807) is 10.7 Å². The summed E-state index contributed by atoms with van der Waals surface area (Å²) >= 11 is 0. The van der Waals surface area contributed by atoms with Crippen molar-refractivity contribution in [2.24, 2.45) is 0 Å². The normalized spacial score (nSPS) is 10.9. The van der Waals surface area contributed by atoms with E-state index in [1.165, 1.54) is 0 Å². The van der Waals surface area contributed by atoms with Crippen LogP contribution in [0.25, 0.3) is 27.9 Å². The van der Waals surface area contributed by atoms with Gasteiger partial charge in [0.05, 0.1) is 11.4 Å². The summed E-state index contributed by atoms with van der Waals surface area (Å²) in [5, 5.41) is 5.61. The van der Waals surface area contributed by atoms with E-state index in [4.69, 9.17) is 14.3 Å². The minimum absolute atomic E-state index is 0.0902. The topological polar surface area (TPSA) is 57.3 Å². The van der Waals surface area contributed by atoms with Gasteiger partial charge in [-0.05, 0) is 24.3 Å². The smallest absolute Gasteiger partial charge is 0.374 e. The van der Waals surface area contributed by atoms with Gasteiger partial charge in [0.25, 0.3) is 0 Å². The van der Waals surface area contributed by atoms with E-state index in [1.807, 2.05) is 91.1 Å². The lowest BCUT2D eigenvalue weighted by Crippen LogP contribution is -2.04. The predicted octanol–water partition coefficient (Wildman–Crippen LogP) is 5.64. The lowest BCUT2D eigenvalue weighted by molar-refractivity contribution is 0.0439. The molecule has 5 rings (SSSR count). The molecular weight excluding hydrogens is 376 g/mol. The highest BCUT2D eigenvalue weighted by atomic mass is 16.5. The first kappa shape index (κ1) is 17.9. The maximum atomic E-state index is 12.6. The number of rotatable bonds is 5. The summed E-state index contributed by atoms with van der Waals surface area (Å²) in [6.45, 7) is 0.0902. The van der Waals surface area contributed by atoms with Gasteiger partial charge in [0.1, 0.15) is 12.2 Å². The number of aromatic nitrogens is 2. The van der Waals surface area contributed by atoms with E-state index in [2.05, 4.69) is 0 Å². The fraction of sp³-hybridized carbons (Fsp3) is 0.0400. The van der Waals surface area contributed by atoms with Crippen LogP contribution >= 0.6 is 0 Å². The summed E-state index contributed by atoms with van der Waals surface area (Å²) in [6, 6.07) is 28.9. The van der Waals surface area contributed by atoms with Gasteiger partial charge in [-0.3, -0.25) is 0 Å². The molecular formula is C25H18N2O3. The van der Waals surface area contributed by atoms with Gasteiger partial charge in [-0.25, -0.2) is 9.48 Å². The Labute approximate surface area is 173 Å². The standard InChI is InChI=1S/C25H18N2O3/c28-25(23-15-19-11-7-8-14-22(19)30-23)29-17-20-16-27(21-12-5-2-6-13-21)26-24(20)18-9-3-1-4-10-18/h1-16H,17H2. The van der Waals surface area contributed by atoms with Gasteiger partial charge in [0.2, 0.25) is 5.76 Å². The molecule has 0 atom stereocenters. The molecule has 5 nitrogen and oxygen atoms in total. The highest BCUT2D eigenvalue weighted by Crippen LogP contribution is 2.25. The Bertz CT molecular complexity index is 1270. The monoisotopic (exact) mass is 394 g/mol. The number of carbonyl (C=O) groups excluding carboxylic acids is 1. The molecule has 0 saturated heterocycles. The summed E-state index contributed by atoms with van der Waals surface area (Å²) in [7, 11) is 0. The minimum atomic E-state index is -0.502. The molecule has 0 aliphatic heterocycles. The fourth-order valence-electron chi connectivity index (χ4n) is 3.36. The lowest BCUT2D eigenvalue weighted by atomic mass is 10.1. The zero-order valence-corrected chi connectivity index (χ0v) is 16.1. The zero-order chi connectivity index (χ0) is 20.3. The molecule has 0 N–H and O–H groups in total. The van der Waals surface area contributed by atoms with Gasteiger partial charge in [-0.2, -0.15) is 5.10 Å². The number of nitrogens with zero attached hydrogens (tertiary/aromatic N) is 2. The second kappa shape index (κ2) is 7.72. The van der Waals surface area contributed by atoms with Crippen LogP contribution in [0.1, 0.15) is 16.1 Å². The van der Waals surface area contributed by atoms with E-state index in [0.29, 0.717) is 5.58 Å². The third-order valence-electron chi connectivity index (χ3n) is 4.84. The molecule has 30 heavy (non-hydrogen) atoms. The number of benzene rings is 3. The molecule has 0 spiro atoms. The molecule has 3 aromatic carbocycles. The molecule has 0 aliphatic carbocycles. The molecule has 2 heterocycles. The SMILES string of the molecule is O=C(OCc1cn(-c2ccccc2)nc1-c1ccccc1)c1cc2ccccc2o1. The molecule has 5 aromatic rings. The van der Waals surface area contributed by atoms with Gasteiger partial charge in [0.15, 0.2) is 0 Å². The molecule has 5 heteroatoms. The Morgan fingerprint density at radius 3 is 2.37 bits per heavy atom. The number of hydrogen-bond donors (Lipinski definition) is 0. The Balaban J connectivity index is 1.44. The van der Waals surface area contributed by atoms with Crippen molar-refractivity contribution in [3.05, 3.63) is 109 Å². The van der Waals surface area contributed by atoms with Crippen molar-refractivity contribution in [2.75, 3.05) is 0 Å². The van der Waals surface area contributed by atoms with Crippen molar-refractivity contribution in [2.45, 2.75) is 6.61 Å². The molecule has 0 fully saturated rings. The number of para-hydroxylation sites is 2. The van der Waals surface area contributed by atoms with Crippen LogP contribution in [0.5, 0.6) is 0 Å². The zero-order valence-electron chi connectivity index (χ0n) is 16.1. The van der Waals surface area contributed by atoms with E-state index in [0.717, 1.165) is 27.9 Å². The Hall–Kier alpha value is -4.12. The summed E-state index contributed by atoms with van der Waals surface area (Å²) in [4.78, 5) is 12.6. The largest absolute Gasteiger partial charge is 0.455 e. The van der Waals surface area contributed by atoms with E-state index in [-0.39, 0.29) is 12.4 Å². The summed E-state index contributed by atoms with van der Waals surface area (Å²) in [6.07, 6.45) is 1.89. The van der Waals surface area contributed by atoms with Crippen molar-refractivity contribution in [1.29, 1.82) is 0 Å². The molecule has 0 saturated carbocycles. The second-order valence-electron chi connectivity index (χ2n) is 6.87. The minimum Gasteiger partial charge on any atom is -0.455 e. The predicted molar refractivity (Wildman–Crippen MR) is 114 cm³/mol. The highest BCUT2D eigenvalue weighted by molar-refractivity contribution is 5.92. The average molecular weight is 394 g/mol. The Morgan fingerprint density at radius 1 is 0.900 bits per heavy atom. The van der Waals surface area contributed by atoms with Crippen LogP contribution in [0.2, 0.25) is 0 Å². The summed E-state index contributed by atoms with van der Waals surface area (Å²) in [5.74, 6) is -0.314. The molecule has 0 amide bonds. The second-order valence-corrected chi connectivity index (χ2v) is 6.87. The number of hydrogen-bond acceptors (Lipinski definition) is 4. The van der Waals surface area contributed by atoms with Crippen LogP contribution in [-0.2, 0) is 11.3 Å². The van der Waals surface area contributed by atoms with Crippen LogP contribution in [0.3, 0.4) is 0 Å².